The Hall–Kier alpha value is -3.40. The van der Waals surface area contributed by atoms with Crippen LogP contribution in [0.25, 0.3) is 0 Å². The Morgan fingerprint density at radius 1 is 1.32 bits per heavy atom. The first kappa shape index (κ1) is 23.7. The van der Waals surface area contributed by atoms with E-state index in [9.17, 15) is 24.8 Å². The van der Waals surface area contributed by atoms with Gasteiger partial charge in [0.05, 0.1) is 17.6 Å². The van der Waals surface area contributed by atoms with Crippen molar-refractivity contribution in [2.24, 2.45) is 5.92 Å². The molecular formula is C24H27N2O8-. The molecule has 1 aromatic rings. The maximum Gasteiger partial charge on any atom is 0.315 e. The molecule has 0 bridgehead atoms. The lowest BCUT2D eigenvalue weighted by molar-refractivity contribution is -0.398. The zero-order valence-corrected chi connectivity index (χ0v) is 19.0. The van der Waals surface area contributed by atoms with Crippen molar-refractivity contribution in [1.29, 1.82) is 0 Å². The highest BCUT2D eigenvalue weighted by Crippen LogP contribution is 2.47. The van der Waals surface area contributed by atoms with Crippen LogP contribution in [0.15, 0.2) is 35.7 Å². The van der Waals surface area contributed by atoms with Crippen LogP contribution in [-0.2, 0) is 19.1 Å². The van der Waals surface area contributed by atoms with Crippen molar-refractivity contribution in [3.8, 4) is 11.5 Å². The Morgan fingerprint density at radius 2 is 2.12 bits per heavy atom. The Morgan fingerprint density at radius 3 is 2.79 bits per heavy atom. The molecule has 10 heteroatoms. The normalized spacial score (nSPS) is 24.4. The van der Waals surface area contributed by atoms with Crippen LogP contribution >= 0.6 is 0 Å². The second kappa shape index (κ2) is 9.84. The van der Waals surface area contributed by atoms with E-state index < -0.39 is 34.2 Å². The van der Waals surface area contributed by atoms with Crippen LogP contribution in [-0.4, -0.2) is 42.6 Å². The highest BCUT2D eigenvalue weighted by Gasteiger charge is 2.44. The average molecular weight is 471 g/mol. The molecule has 182 valence electrons. The largest absolute Gasteiger partial charge is 0.865 e. The molecule has 0 saturated carbocycles. The predicted octanol–water partition coefficient (Wildman–Crippen LogP) is 2.61. The third-order valence-corrected chi connectivity index (χ3v) is 6.39. The van der Waals surface area contributed by atoms with Gasteiger partial charge in [-0.1, -0.05) is 6.58 Å². The van der Waals surface area contributed by atoms with Gasteiger partial charge in [-0.15, -0.1) is 0 Å². The molecule has 0 radical (unpaired) electrons. The van der Waals surface area contributed by atoms with Crippen LogP contribution in [0.4, 0.5) is 5.69 Å². The molecule has 0 aromatic heterocycles. The number of hydrogen-bond acceptors (Lipinski definition) is 9. The second-order valence-corrected chi connectivity index (χ2v) is 8.60. The number of nitrogens with one attached hydrogen (secondary N) is 1. The topological polar surface area (TPSA) is 140 Å². The van der Waals surface area contributed by atoms with Crippen LogP contribution in [0, 0.1) is 16.0 Å². The lowest BCUT2D eigenvalue weighted by atomic mass is 9.71. The Kier molecular flexibility index (Phi) is 6.87. The van der Waals surface area contributed by atoms with Crippen molar-refractivity contribution in [3.63, 3.8) is 0 Å². The van der Waals surface area contributed by atoms with Crippen molar-refractivity contribution in [3.05, 3.63) is 51.4 Å². The molecule has 2 heterocycles. The first-order chi connectivity index (χ1) is 16.3. The molecule has 34 heavy (non-hydrogen) atoms. The molecule has 0 spiro atoms. The molecule has 1 aromatic carbocycles. The minimum Gasteiger partial charge on any atom is -0.865 e. The van der Waals surface area contributed by atoms with E-state index in [1.807, 2.05) is 0 Å². The molecule has 3 aliphatic rings. The quantitative estimate of drug-likeness (QED) is 0.361. The van der Waals surface area contributed by atoms with Crippen molar-refractivity contribution < 1.29 is 33.8 Å². The highest BCUT2D eigenvalue weighted by atomic mass is 16.6. The van der Waals surface area contributed by atoms with E-state index in [2.05, 4.69) is 11.9 Å². The summed E-state index contributed by atoms with van der Waals surface area (Å²) >= 11 is 0. The number of rotatable bonds is 7. The number of nitro benzene ring substituents is 1. The molecule has 1 saturated heterocycles. The zero-order chi connectivity index (χ0) is 24.4. The number of Topliss-reactive ketones (excluding diaryl/α,β-unsaturated/α-hetero) is 1. The second-order valence-electron chi connectivity index (χ2n) is 8.60. The van der Waals surface area contributed by atoms with E-state index in [1.165, 1.54) is 6.07 Å². The minimum atomic E-state index is -1.02. The summed E-state index contributed by atoms with van der Waals surface area (Å²) in [6, 6.07) is 2.51. The van der Waals surface area contributed by atoms with Crippen molar-refractivity contribution in [2.75, 3.05) is 19.8 Å². The Labute approximate surface area is 196 Å². The van der Waals surface area contributed by atoms with Gasteiger partial charge < -0.3 is 24.6 Å². The molecule has 0 amide bonds. The van der Waals surface area contributed by atoms with Gasteiger partial charge in [-0.05, 0) is 44.2 Å². The molecule has 1 N–H and O–H groups in total. The molecular weight excluding hydrogens is 444 g/mol. The molecule has 3 unspecified atom stereocenters. The number of carbonyl (C=O) groups excluding carboxylic acids is 2. The Balaban J connectivity index is 1.80. The number of carbonyl (C=O) groups is 2. The van der Waals surface area contributed by atoms with Gasteiger partial charge in [-0.3, -0.25) is 19.7 Å². The number of hydrogen-bond donors (Lipinski definition) is 1. The fourth-order valence-corrected chi connectivity index (χ4v) is 4.86. The van der Waals surface area contributed by atoms with Gasteiger partial charge >= 0.3 is 5.97 Å². The maximum atomic E-state index is 13.3. The predicted molar refractivity (Wildman–Crippen MR) is 118 cm³/mol. The lowest BCUT2D eigenvalue weighted by Crippen LogP contribution is -2.41. The van der Waals surface area contributed by atoms with Gasteiger partial charge in [0.25, 0.3) is 5.69 Å². The van der Waals surface area contributed by atoms with Gasteiger partial charge in [0.15, 0.2) is 5.78 Å². The van der Waals surface area contributed by atoms with Crippen LogP contribution < -0.4 is 15.2 Å². The van der Waals surface area contributed by atoms with Crippen molar-refractivity contribution in [2.45, 2.75) is 51.0 Å². The van der Waals surface area contributed by atoms with Gasteiger partial charge in [0, 0.05) is 47.7 Å². The maximum absolute atomic E-state index is 13.3. The van der Waals surface area contributed by atoms with Crippen molar-refractivity contribution in [1.82, 2.24) is 5.32 Å². The summed E-state index contributed by atoms with van der Waals surface area (Å²) < 4.78 is 16.5. The first-order valence-electron chi connectivity index (χ1n) is 11.4. The number of ether oxygens (including phenoxy) is 3. The average Bonchev–Trinajstić information content (AvgIpc) is 3.32. The zero-order valence-electron chi connectivity index (χ0n) is 19.0. The molecule has 2 aliphatic heterocycles. The summed E-state index contributed by atoms with van der Waals surface area (Å²) in [6.07, 6.45) is 2.99. The number of allylic oxidation sites excluding steroid dienone is 2. The van der Waals surface area contributed by atoms with Crippen LogP contribution in [0.1, 0.15) is 50.5 Å². The molecule has 10 nitrogen and oxygen atoms in total. The molecule has 1 fully saturated rings. The highest BCUT2D eigenvalue weighted by molar-refractivity contribution is 6.00. The molecule has 1 aliphatic carbocycles. The number of nitro groups is 1. The van der Waals surface area contributed by atoms with Crippen LogP contribution in [0.2, 0.25) is 0 Å². The fourth-order valence-electron chi connectivity index (χ4n) is 4.86. The third kappa shape index (κ3) is 4.50. The van der Waals surface area contributed by atoms with Crippen LogP contribution in [0.5, 0.6) is 11.5 Å². The van der Waals surface area contributed by atoms with E-state index in [1.54, 1.807) is 6.92 Å². The molecule has 3 atom stereocenters. The minimum absolute atomic E-state index is 0.0685. The number of ketones is 1. The fraction of sp³-hybridized carbons (Fsp3) is 0.500. The lowest BCUT2D eigenvalue weighted by Gasteiger charge is -2.38. The van der Waals surface area contributed by atoms with Gasteiger partial charge in [-0.25, -0.2) is 0 Å². The summed E-state index contributed by atoms with van der Waals surface area (Å²) in [5.74, 6) is -3.75. The number of nitrogens with zero attached hydrogens (tertiary/aromatic N) is 1. The van der Waals surface area contributed by atoms with Gasteiger partial charge in [0.2, 0.25) is 0 Å². The summed E-state index contributed by atoms with van der Waals surface area (Å²) in [4.78, 5) is 37.2. The first-order valence-corrected chi connectivity index (χ1v) is 11.4. The van der Waals surface area contributed by atoms with E-state index in [0.29, 0.717) is 42.8 Å². The number of esters is 1. The van der Waals surface area contributed by atoms with E-state index in [4.69, 9.17) is 14.2 Å². The van der Waals surface area contributed by atoms with E-state index in [-0.39, 0.29) is 36.4 Å². The monoisotopic (exact) mass is 471 g/mol. The van der Waals surface area contributed by atoms with Crippen molar-refractivity contribution >= 4 is 17.4 Å². The third-order valence-electron chi connectivity index (χ3n) is 6.39. The SMILES string of the molecule is C=C1NC2=C(C(=O)CCC2)C(c2cc(OCC)c([O-])c([N+](=O)[O-])c2)C1C(=O)OCC1CCCO1. The van der Waals surface area contributed by atoms with Gasteiger partial charge in [0.1, 0.15) is 18.3 Å². The van der Waals surface area contributed by atoms with Crippen LogP contribution in [0.3, 0.4) is 0 Å². The summed E-state index contributed by atoms with van der Waals surface area (Å²) in [7, 11) is 0. The summed E-state index contributed by atoms with van der Waals surface area (Å²) in [5.41, 5.74) is 0.929. The standard InChI is InChI=1S/C24H28N2O8/c1-3-32-19-11-14(10-17(23(19)28)26(30)31)21-20(24(29)34-12-15-6-5-9-33-15)13(2)25-16-7-4-8-18(27)22(16)21/h10-11,15,20-21,25,28H,2-9,12H2,1H3/p-1. The smallest absolute Gasteiger partial charge is 0.315 e. The number of benzene rings is 1. The van der Waals surface area contributed by atoms with Gasteiger partial charge in [-0.2, -0.15) is 0 Å². The van der Waals surface area contributed by atoms with E-state index in [0.717, 1.165) is 18.9 Å². The summed E-state index contributed by atoms with van der Waals surface area (Å²) in [6.45, 7) is 6.46. The molecule has 4 rings (SSSR count). The summed E-state index contributed by atoms with van der Waals surface area (Å²) in [5, 5.41) is 27.3. The Bertz CT molecular complexity index is 1060. The van der Waals surface area contributed by atoms with E-state index >= 15 is 0 Å².